The molecule has 0 saturated carbocycles. The third kappa shape index (κ3) is 2.84. The first-order valence-electron chi connectivity index (χ1n) is 8.91. The van der Waals surface area contributed by atoms with E-state index in [-0.39, 0.29) is 23.7 Å². The number of rotatable bonds is 1. The largest absolute Gasteiger partial charge is 0.337 e. The average molecular weight is 358 g/mol. The number of urea groups is 1. The second-order valence-corrected chi connectivity index (χ2v) is 7.36. The maximum absolute atomic E-state index is 14.0. The number of carbonyl (C=O) groups excluding carboxylic acids is 1. The van der Waals surface area contributed by atoms with Crippen LogP contribution in [0.2, 0.25) is 0 Å². The molecule has 0 bridgehead atoms. The van der Waals surface area contributed by atoms with Gasteiger partial charge in [-0.2, -0.15) is 0 Å². The number of hydrogen-bond donors (Lipinski definition) is 2. The number of amides is 2. The van der Waals surface area contributed by atoms with E-state index in [0.717, 1.165) is 42.9 Å². The highest BCUT2D eigenvalue weighted by Crippen LogP contribution is 2.43. The predicted octanol–water partition coefficient (Wildman–Crippen LogP) is 2.70. The van der Waals surface area contributed by atoms with Gasteiger partial charge in [0.15, 0.2) is 0 Å². The number of aryl methyl sites for hydroxylation is 1. The molecule has 4 rings (SSSR count). The van der Waals surface area contributed by atoms with E-state index in [1.54, 1.807) is 4.90 Å². The SMILES string of the molecule is Cc1ccc2c(c1)[C@H]1C[NH+](C)CC[C@@H]1N2C(=O)Nc1ccc(F)cc1F. The molecule has 2 aliphatic rings. The zero-order valence-corrected chi connectivity index (χ0v) is 14.9. The molecule has 6 heteroatoms. The molecule has 26 heavy (non-hydrogen) atoms. The van der Waals surface area contributed by atoms with E-state index in [9.17, 15) is 13.6 Å². The second kappa shape index (κ2) is 6.36. The number of hydrogen-bond acceptors (Lipinski definition) is 1. The van der Waals surface area contributed by atoms with Crippen molar-refractivity contribution < 1.29 is 18.5 Å². The summed E-state index contributed by atoms with van der Waals surface area (Å²) in [6.07, 6.45) is 0.892. The molecule has 1 unspecified atom stereocenters. The van der Waals surface area contributed by atoms with Crippen LogP contribution in [0.15, 0.2) is 36.4 Å². The Hall–Kier alpha value is -2.47. The van der Waals surface area contributed by atoms with Gasteiger partial charge in [0.05, 0.1) is 37.8 Å². The number of anilines is 2. The van der Waals surface area contributed by atoms with Gasteiger partial charge in [0.25, 0.3) is 0 Å². The van der Waals surface area contributed by atoms with Crippen LogP contribution in [0.25, 0.3) is 0 Å². The number of piperidine rings is 1. The lowest BCUT2D eigenvalue weighted by Gasteiger charge is -2.34. The summed E-state index contributed by atoms with van der Waals surface area (Å²) < 4.78 is 27.1. The molecule has 0 aromatic heterocycles. The maximum atomic E-state index is 14.0. The van der Waals surface area contributed by atoms with Crippen molar-refractivity contribution in [3.63, 3.8) is 0 Å². The Balaban J connectivity index is 1.68. The third-order valence-electron chi connectivity index (χ3n) is 5.46. The molecule has 2 amide bonds. The standard InChI is InChI=1S/C20H21F2N3O/c1-12-3-6-18-14(9-12)15-11-24(2)8-7-19(15)25(18)20(26)23-17-5-4-13(21)10-16(17)22/h3-6,9-10,15,19H,7-8,11H2,1-2H3,(H,23,26)/p+1/t15-,19+/m1/s1. The van der Waals surface area contributed by atoms with Crippen molar-refractivity contribution in [2.75, 3.05) is 30.4 Å². The lowest BCUT2D eigenvalue weighted by molar-refractivity contribution is -0.886. The van der Waals surface area contributed by atoms with E-state index in [1.165, 1.54) is 16.5 Å². The van der Waals surface area contributed by atoms with E-state index in [0.29, 0.717) is 0 Å². The van der Waals surface area contributed by atoms with Crippen molar-refractivity contribution in [1.82, 2.24) is 0 Å². The van der Waals surface area contributed by atoms with Crippen LogP contribution < -0.4 is 15.1 Å². The summed E-state index contributed by atoms with van der Waals surface area (Å²) in [5.41, 5.74) is 3.23. The van der Waals surface area contributed by atoms with Gasteiger partial charge in [-0.25, -0.2) is 13.6 Å². The smallest absolute Gasteiger partial charge is 0.326 e. The first kappa shape index (κ1) is 17.0. The molecule has 2 aromatic carbocycles. The highest BCUT2D eigenvalue weighted by atomic mass is 19.1. The van der Waals surface area contributed by atoms with Crippen molar-refractivity contribution in [3.8, 4) is 0 Å². The van der Waals surface area contributed by atoms with E-state index < -0.39 is 11.6 Å². The van der Waals surface area contributed by atoms with Gasteiger partial charge in [0.2, 0.25) is 0 Å². The van der Waals surface area contributed by atoms with Gasteiger partial charge in [-0.15, -0.1) is 0 Å². The fourth-order valence-electron chi connectivity index (χ4n) is 4.23. The van der Waals surface area contributed by atoms with Crippen LogP contribution in [0, 0.1) is 18.6 Å². The molecule has 4 nitrogen and oxygen atoms in total. The summed E-state index contributed by atoms with van der Waals surface area (Å²) >= 11 is 0. The van der Waals surface area contributed by atoms with Gasteiger partial charge >= 0.3 is 6.03 Å². The van der Waals surface area contributed by atoms with Gasteiger partial charge < -0.3 is 10.2 Å². The molecule has 3 atom stereocenters. The molecule has 0 spiro atoms. The molecule has 2 N–H and O–H groups in total. The molecule has 136 valence electrons. The minimum atomic E-state index is -0.772. The summed E-state index contributed by atoms with van der Waals surface area (Å²) in [7, 11) is 2.17. The van der Waals surface area contributed by atoms with Gasteiger partial charge in [0, 0.05) is 18.2 Å². The number of nitrogens with zero attached hydrogens (tertiary/aromatic N) is 1. The summed E-state index contributed by atoms with van der Waals surface area (Å²) in [4.78, 5) is 16.2. The number of carbonyl (C=O) groups is 1. The van der Waals surface area contributed by atoms with Gasteiger partial charge in [0.1, 0.15) is 11.6 Å². The topological polar surface area (TPSA) is 36.8 Å². The van der Waals surface area contributed by atoms with Crippen molar-refractivity contribution >= 4 is 17.4 Å². The molecule has 0 radical (unpaired) electrons. The molecule has 1 saturated heterocycles. The number of quaternary nitrogens is 1. The first-order chi connectivity index (χ1) is 12.4. The Kier molecular flexibility index (Phi) is 4.15. The third-order valence-corrected chi connectivity index (χ3v) is 5.46. The second-order valence-electron chi connectivity index (χ2n) is 7.36. The Bertz CT molecular complexity index is 870. The maximum Gasteiger partial charge on any atom is 0.326 e. The average Bonchev–Trinajstić information content (AvgIpc) is 2.90. The lowest BCUT2D eigenvalue weighted by Crippen LogP contribution is -3.11. The molecule has 2 aromatic rings. The molecule has 0 aliphatic carbocycles. The minimum absolute atomic E-state index is 0.00735. The Morgan fingerprint density at radius 1 is 1.23 bits per heavy atom. The van der Waals surface area contributed by atoms with Crippen molar-refractivity contribution in [1.29, 1.82) is 0 Å². The molecular formula is C20H22F2N3O+. The molecule has 1 fully saturated rings. The highest BCUT2D eigenvalue weighted by molar-refractivity contribution is 6.04. The number of likely N-dealkylation sites (N-methyl/N-ethyl adjacent to an activating group) is 1. The Labute approximate surface area is 151 Å². The van der Waals surface area contributed by atoms with Crippen LogP contribution in [-0.4, -0.2) is 32.2 Å². The van der Waals surface area contributed by atoms with Crippen molar-refractivity contribution in [2.24, 2.45) is 0 Å². The summed E-state index contributed by atoms with van der Waals surface area (Å²) in [6, 6.07) is 8.99. The molecule has 2 heterocycles. The summed E-state index contributed by atoms with van der Waals surface area (Å²) in [6.45, 7) is 4.00. The van der Waals surface area contributed by atoms with Crippen molar-refractivity contribution in [3.05, 3.63) is 59.2 Å². The van der Waals surface area contributed by atoms with Crippen LogP contribution >= 0.6 is 0 Å². The van der Waals surface area contributed by atoms with Crippen molar-refractivity contribution in [2.45, 2.75) is 25.3 Å². The Morgan fingerprint density at radius 3 is 2.81 bits per heavy atom. The van der Waals surface area contributed by atoms with Crippen LogP contribution in [0.3, 0.4) is 0 Å². The molecule has 2 aliphatic heterocycles. The van der Waals surface area contributed by atoms with E-state index in [2.05, 4.69) is 18.4 Å². The first-order valence-corrected chi connectivity index (χ1v) is 8.91. The predicted molar refractivity (Wildman–Crippen MR) is 96.8 cm³/mol. The molecular weight excluding hydrogens is 336 g/mol. The monoisotopic (exact) mass is 358 g/mol. The Morgan fingerprint density at radius 2 is 2.04 bits per heavy atom. The van der Waals surface area contributed by atoms with E-state index in [4.69, 9.17) is 0 Å². The van der Waals surface area contributed by atoms with Gasteiger partial charge in [-0.1, -0.05) is 17.7 Å². The van der Waals surface area contributed by atoms with Crippen LogP contribution in [0.1, 0.15) is 23.5 Å². The number of benzene rings is 2. The zero-order valence-electron chi connectivity index (χ0n) is 14.9. The van der Waals surface area contributed by atoms with E-state index in [1.807, 2.05) is 19.1 Å². The zero-order chi connectivity index (χ0) is 18.4. The summed E-state index contributed by atoms with van der Waals surface area (Å²) in [5, 5.41) is 2.62. The fourth-order valence-corrected chi connectivity index (χ4v) is 4.23. The number of fused-ring (bicyclic) bond motifs is 3. The number of nitrogens with one attached hydrogen (secondary N) is 2. The van der Waals surface area contributed by atoms with Gasteiger partial charge in [-0.3, -0.25) is 4.90 Å². The van der Waals surface area contributed by atoms with Crippen LogP contribution in [0.4, 0.5) is 25.0 Å². The normalized spacial score (nSPS) is 24.2. The van der Waals surface area contributed by atoms with Crippen LogP contribution in [-0.2, 0) is 0 Å². The van der Waals surface area contributed by atoms with Gasteiger partial charge in [-0.05, 0) is 30.7 Å². The fraction of sp³-hybridized carbons (Fsp3) is 0.350. The lowest BCUT2D eigenvalue weighted by atomic mass is 9.89. The highest BCUT2D eigenvalue weighted by Gasteiger charge is 2.45. The van der Waals surface area contributed by atoms with Crippen LogP contribution in [0.5, 0.6) is 0 Å². The summed E-state index contributed by atoms with van der Waals surface area (Å²) in [5.74, 6) is -1.16. The van der Waals surface area contributed by atoms with E-state index >= 15 is 0 Å². The minimum Gasteiger partial charge on any atom is -0.337 e. The number of likely N-dealkylation sites (tertiary alicyclic amines) is 1. The number of halogens is 2. The quantitative estimate of drug-likeness (QED) is 0.808.